The largest absolute Gasteiger partial charge is 0.449 e. The van der Waals surface area contributed by atoms with Crippen LogP contribution in [-0.4, -0.2) is 18.0 Å². The highest BCUT2D eigenvalue weighted by Crippen LogP contribution is 2.06. The summed E-state index contributed by atoms with van der Waals surface area (Å²) in [6.45, 7) is 3.36. The lowest BCUT2D eigenvalue weighted by atomic mass is 10.1. The predicted octanol–water partition coefficient (Wildman–Crippen LogP) is 1.03. The summed E-state index contributed by atoms with van der Waals surface area (Å²) in [6.07, 6.45) is -0.904. The molecule has 80 valence electrons. The third-order valence-electron chi connectivity index (χ3n) is 1.97. The molecule has 0 aliphatic rings. The SMILES string of the molecule is Cc1ccc(C(=O)O[C@H](C)C(N)=O)cc1. The molecule has 2 N–H and O–H groups in total. The number of hydrogen-bond acceptors (Lipinski definition) is 3. The first-order valence-electron chi connectivity index (χ1n) is 4.57. The zero-order chi connectivity index (χ0) is 11.4. The van der Waals surface area contributed by atoms with Gasteiger partial charge in [0.1, 0.15) is 0 Å². The van der Waals surface area contributed by atoms with Gasteiger partial charge in [-0.3, -0.25) is 4.79 Å². The van der Waals surface area contributed by atoms with Crippen molar-refractivity contribution in [2.45, 2.75) is 20.0 Å². The molecule has 1 aromatic rings. The first kappa shape index (κ1) is 11.2. The van der Waals surface area contributed by atoms with Gasteiger partial charge in [0, 0.05) is 0 Å². The van der Waals surface area contributed by atoms with Gasteiger partial charge < -0.3 is 10.5 Å². The summed E-state index contributed by atoms with van der Waals surface area (Å²) in [6, 6.07) is 6.88. The van der Waals surface area contributed by atoms with Crippen LogP contribution < -0.4 is 5.73 Å². The van der Waals surface area contributed by atoms with Gasteiger partial charge >= 0.3 is 5.97 Å². The minimum absolute atomic E-state index is 0.411. The summed E-state index contributed by atoms with van der Waals surface area (Å²) in [5.41, 5.74) is 6.43. The third-order valence-corrected chi connectivity index (χ3v) is 1.97. The van der Waals surface area contributed by atoms with Crippen LogP contribution in [0.1, 0.15) is 22.8 Å². The van der Waals surface area contributed by atoms with Gasteiger partial charge in [-0.2, -0.15) is 0 Å². The highest BCUT2D eigenvalue weighted by atomic mass is 16.5. The minimum Gasteiger partial charge on any atom is -0.449 e. The van der Waals surface area contributed by atoms with E-state index in [-0.39, 0.29) is 0 Å². The Kier molecular flexibility index (Phi) is 3.44. The maximum Gasteiger partial charge on any atom is 0.338 e. The smallest absolute Gasteiger partial charge is 0.338 e. The lowest BCUT2D eigenvalue weighted by Crippen LogP contribution is -2.30. The molecular formula is C11H13NO3. The van der Waals surface area contributed by atoms with E-state index in [1.165, 1.54) is 6.92 Å². The Bertz CT molecular complexity index is 370. The van der Waals surface area contributed by atoms with Crippen molar-refractivity contribution in [3.8, 4) is 0 Å². The van der Waals surface area contributed by atoms with Crippen molar-refractivity contribution >= 4 is 11.9 Å². The van der Waals surface area contributed by atoms with Crippen LogP contribution in [0, 0.1) is 6.92 Å². The fourth-order valence-corrected chi connectivity index (χ4v) is 0.976. The highest BCUT2D eigenvalue weighted by Gasteiger charge is 2.15. The van der Waals surface area contributed by atoms with Crippen molar-refractivity contribution in [1.82, 2.24) is 0 Å². The van der Waals surface area contributed by atoms with E-state index in [0.29, 0.717) is 5.56 Å². The minimum atomic E-state index is -0.904. The maximum absolute atomic E-state index is 11.4. The van der Waals surface area contributed by atoms with Crippen LogP contribution in [0.3, 0.4) is 0 Å². The molecule has 0 saturated heterocycles. The Morgan fingerprint density at radius 3 is 2.27 bits per heavy atom. The second kappa shape index (κ2) is 4.59. The lowest BCUT2D eigenvalue weighted by molar-refractivity contribution is -0.125. The number of hydrogen-bond donors (Lipinski definition) is 1. The van der Waals surface area contributed by atoms with Crippen molar-refractivity contribution < 1.29 is 14.3 Å². The molecule has 1 atom stereocenters. The van der Waals surface area contributed by atoms with E-state index in [1.807, 2.05) is 6.92 Å². The van der Waals surface area contributed by atoms with Gasteiger partial charge in [0.2, 0.25) is 0 Å². The summed E-state index contributed by atoms with van der Waals surface area (Å²) >= 11 is 0. The normalized spacial score (nSPS) is 11.9. The summed E-state index contributed by atoms with van der Waals surface area (Å²) in [5, 5.41) is 0. The van der Waals surface area contributed by atoms with Gasteiger partial charge in [-0.25, -0.2) is 4.79 Å². The van der Waals surface area contributed by atoms with Crippen molar-refractivity contribution in [1.29, 1.82) is 0 Å². The molecule has 0 spiro atoms. The average molecular weight is 207 g/mol. The molecule has 1 amide bonds. The maximum atomic E-state index is 11.4. The molecule has 0 fully saturated rings. The van der Waals surface area contributed by atoms with Crippen LogP contribution in [0.25, 0.3) is 0 Å². The van der Waals surface area contributed by atoms with E-state index >= 15 is 0 Å². The summed E-state index contributed by atoms with van der Waals surface area (Å²) in [4.78, 5) is 22.1. The number of nitrogens with two attached hydrogens (primary N) is 1. The Hall–Kier alpha value is -1.84. The molecule has 0 bridgehead atoms. The molecule has 0 aliphatic heterocycles. The number of ether oxygens (including phenoxy) is 1. The molecule has 0 aliphatic carbocycles. The van der Waals surface area contributed by atoms with E-state index in [2.05, 4.69) is 0 Å². The standard InChI is InChI=1S/C11H13NO3/c1-7-3-5-9(6-4-7)11(14)15-8(2)10(12)13/h3-6,8H,1-2H3,(H2,12,13)/t8-/m1/s1. The van der Waals surface area contributed by atoms with Crippen LogP contribution in [0.4, 0.5) is 0 Å². The molecule has 1 aromatic carbocycles. The molecule has 0 radical (unpaired) electrons. The molecular weight excluding hydrogens is 194 g/mol. The molecule has 0 saturated carbocycles. The van der Waals surface area contributed by atoms with Crippen molar-refractivity contribution in [2.75, 3.05) is 0 Å². The predicted molar refractivity (Wildman–Crippen MR) is 55.3 cm³/mol. The number of aryl methyl sites for hydroxylation is 1. The molecule has 1 rings (SSSR count). The first-order valence-corrected chi connectivity index (χ1v) is 4.57. The summed E-state index contributed by atoms with van der Waals surface area (Å²) in [5.74, 6) is -1.20. The third kappa shape index (κ3) is 3.09. The van der Waals surface area contributed by atoms with Gasteiger partial charge in [0.15, 0.2) is 6.10 Å². The van der Waals surface area contributed by atoms with Gasteiger partial charge in [-0.1, -0.05) is 17.7 Å². The van der Waals surface area contributed by atoms with Gasteiger partial charge in [-0.05, 0) is 26.0 Å². The number of benzene rings is 1. The Morgan fingerprint density at radius 2 is 1.80 bits per heavy atom. The topological polar surface area (TPSA) is 69.4 Å². The zero-order valence-electron chi connectivity index (χ0n) is 8.69. The van der Waals surface area contributed by atoms with E-state index in [1.54, 1.807) is 24.3 Å². The number of carbonyl (C=O) groups excluding carboxylic acids is 2. The fraction of sp³-hybridized carbons (Fsp3) is 0.273. The summed E-state index contributed by atoms with van der Waals surface area (Å²) < 4.78 is 4.82. The zero-order valence-corrected chi connectivity index (χ0v) is 8.69. The number of carbonyl (C=O) groups is 2. The summed E-state index contributed by atoms with van der Waals surface area (Å²) in [7, 11) is 0. The van der Waals surface area contributed by atoms with Crippen LogP contribution >= 0.6 is 0 Å². The first-order chi connectivity index (χ1) is 7.00. The van der Waals surface area contributed by atoms with E-state index < -0.39 is 18.0 Å². The molecule has 0 aromatic heterocycles. The number of amides is 1. The van der Waals surface area contributed by atoms with Gasteiger partial charge in [-0.15, -0.1) is 0 Å². The lowest BCUT2D eigenvalue weighted by Gasteiger charge is -2.09. The second-order valence-electron chi connectivity index (χ2n) is 3.32. The molecule has 4 heteroatoms. The van der Waals surface area contributed by atoms with Gasteiger partial charge in [0.05, 0.1) is 5.56 Å². The number of primary amides is 1. The molecule has 4 nitrogen and oxygen atoms in total. The number of esters is 1. The Morgan fingerprint density at radius 1 is 1.27 bits per heavy atom. The van der Waals surface area contributed by atoms with E-state index in [9.17, 15) is 9.59 Å². The molecule has 15 heavy (non-hydrogen) atoms. The Labute approximate surface area is 88.0 Å². The quantitative estimate of drug-likeness (QED) is 0.752. The molecule has 0 heterocycles. The van der Waals surface area contributed by atoms with Crippen molar-refractivity contribution in [3.05, 3.63) is 35.4 Å². The monoisotopic (exact) mass is 207 g/mol. The fourth-order valence-electron chi connectivity index (χ4n) is 0.976. The van der Waals surface area contributed by atoms with Crippen LogP contribution in [0.5, 0.6) is 0 Å². The Balaban J connectivity index is 2.69. The van der Waals surface area contributed by atoms with Crippen LogP contribution in [-0.2, 0) is 9.53 Å². The number of rotatable bonds is 3. The van der Waals surface area contributed by atoms with Crippen molar-refractivity contribution in [2.24, 2.45) is 5.73 Å². The van der Waals surface area contributed by atoms with Gasteiger partial charge in [0.25, 0.3) is 5.91 Å². The van der Waals surface area contributed by atoms with Crippen molar-refractivity contribution in [3.63, 3.8) is 0 Å². The highest BCUT2D eigenvalue weighted by molar-refractivity contribution is 5.91. The van der Waals surface area contributed by atoms with E-state index in [0.717, 1.165) is 5.56 Å². The van der Waals surface area contributed by atoms with Crippen LogP contribution in [0.2, 0.25) is 0 Å². The molecule has 0 unspecified atom stereocenters. The average Bonchev–Trinajstić information content (AvgIpc) is 2.18. The van der Waals surface area contributed by atoms with E-state index in [4.69, 9.17) is 10.5 Å². The second-order valence-corrected chi connectivity index (χ2v) is 3.32. The van der Waals surface area contributed by atoms with Crippen LogP contribution in [0.15, 0.2) is 24.3 Å².